The summed E-state index contributed by atoms with van der Waals surface area (Å²) in [7, 11) is 0. The average molecular weight is 534 g/mol. The van der Waals surface area contributed by atoms with Crippen molar-refractivity contribution in [3.05, 3.63) is 82.9 Å². The molecule has 7 heteroatoms. The minimum Gasteiger partial charge on any atom is -0.308 e. The standard InChI is InChI=1S/C24H24FIN2O3/c1-16(18-4-2-17(13-27)3-5-18)28-14-20-7-9-23(31-20)19-6-8-22(25)21(12-19)24(29)30-15-26-10-11-26/h2-9,12-13,16,27-28H,10-11,14-15H2,1H3/t16-/m1/s1. The summed E-state index contributed by atoms with van der Waals surface area (Å²) in [6, 6.07) is 16.0. The molecule has 1 saturated heterocycles. The van der Waals surface area contributed by atoms with Crippen molar-refractivity contribution < 1.29 is 18.3 Å². The Morgan fingerprint density at radius 2 is 2.00 bits per heavy atom. The van der Waals surface area contributed by atoms with E-state index in [0.29, 0.717) is 22.5 Å². The number of benzene rings is 2. The molecule has 162 valence electrons. The Balaban J connectivity index is 1.40. The van der Waals surface area contributed by atoms with Gasteiger partial charge in [-0.05, 0) is 18.1 Å². The van der Waals surface area contributed by atoms with E-state index < -0.39 is 31.6 Å². The summed E-state index contributed by atoms with van der Waals surface area (Å²) in [5.74, 6) is 0.142. The van der Waals surface area contributed by atoms with Crippen LogP contribution in [0.2, 0.25) is 0 Å². The number of carbonyl (C=O) groups is 1. The van der Waals surface area contributed by atoms with Gasteiger partial charge in [0.2, 0.25) is 0 Å². The van der Waals surface area contributed by atoms with Gasteiger partial charge in [-0.25, -0.2) is 0 Å². The van der Waals surface area contributed by atoms with Crippen molar-refractivity contribution in [2.45, 2.75) is 19.5 Å². The second kappa shape index (κ2) is 9.74. The average Bonchev–Trinajstić information content (AvgIpc) is 3.51. The molecule has 1 aromatic heterocycles. The molecule has 0 radical (unpaired) electrons. The summed E-state index contributed by atoms with van der Waals surface area (Å²) in [4.78, 5) is 12.2. The zero-order valence-corrected chi connectivity index (χ0v) is 19.3. The molecule has 3 aromatic rings. The molecule has 2 N–H and O–H groups in total. The smallest absolute Gasteiger partial charge is 0.0250 e. The molecule has 0 amide bonds. The van der Waals surface area contributed by atoms with Gasteiger partial charge in [0, 0.05) is 6.21 Å². The van der Waals surface area contributed by atoms with E-state index in [-0.39, 0.29) is 11.6 Å². The fourth-order valence-corrected chi connectivity index (χ4v) is 6.65. The molecule has 5 nitrogen and oxygen atoms in total. The molecule has 1 fully saturated rings. The predicted octanol–water partition coefficient (Wildman–Crippen LogP) is 5.57. The van der Waals surface area contributed by atoms with Crippen LogP contribution in [0, 0.1) is 11.2 Å². The van der Waals surface area contributed by atoms with Gasteiger partial charge in [-0.15, -0.1) is 0 Å². The van der Waals surface area contributed by atoms with Crippen LogP contribution in [0.25, 0.3) is 11.3 Å². The van der Waals surface area contributed by atoms with E-state index >= 15 is 0 Å². The van der Waals surface area contributed by atoms with Gasteiger partial charge in [0.25, 0.3) is 0 Å². The van der Waals surface area contributed by atoms with Crippen molar-refractivity contribution in [2.75, 3.05) is 13.5 Å². The number of halogens is 2. The molecule has 0 aliphatic carbocycles. The summed E-state index contributed by atoms with van der Waals surface area (Å²) in [5, 5.41) is 10.7. The fourth-order valence-electron chi connectivity index (χ4n) is 3.08. The van der Waals surface area contributed by atoms with Gasteiger partial charge < -0.3 is 5.41 Å². The van der Waals surface area contributed by atoms with Crippen molar-refractivity contribution in [1.29, 1.82) is 5.41 Å². The van der Waals surface area contributed by atoms with Gasteiger partial charge in [-0.2, -0.15) is 0 Å². The van der Waals surface area contributed by atoms with Crippen LogP contribution in [0.4, 0.5) is 4.39 Å². The normalized spacial score (nSPS) is 14.8. The minimum absolute atomic E-state index is 0.0479. The molecule has 4 rings (SSSR count). The van der Waals surface area contributed by atoms with Crippen molar-refractivity contribution in [3.63, 3.8) is 0 Å². The van der Waals surface area contributed by atoms with E-state index in [1.165, 1.54) is 27.2 Å². The zero-order valence-electron chi connectivity index (χ0n) is 17.2. The molecule has 2 heterocycles. The maximum Gasteiger partial charge on any atom is 0.0250 e. The maximum atomic E-state index is 14.2. The second-order valence-electron chi connectivity index (χ2n) is 7.36. The van der Waals surface area contributed by atoms with Crippen LogP contribution in [-0.2, 0) is 11.3 Å². The van der Waals surface area contributed by atoms with Gasteiger partial charge >= 0.3 is 134 Å². The molecular formula is C24H24FIN2O3. The summed E-state index contributed by atoms with van der Waals surface area (Å²) in [6.07, 6.45) is 1.32. The molecule has 2 aromatic carbocycles. The van der Waals surface area contributed by atoms with Crippen LogP contribution in [-0.4, -0.2) is 25.7 Å². The Morgan fingerprint density at radius 3 is 2.71 bits per heavy atom. The molecule has 0 saturated carbocycles. The van der Waals surface area contributed by atoms with Gasteiger partial charge in [0.05, 0.1) is 0 Å². The van der Waals surface area contributed by atoms with Gasteiger partial charge in [-0.3, -0.25) is 0 Å². The summed E-state index contributed by atoms with van der Waals surface area (Å²) in [6.45, 7) is 2.59. The second-order valence-corrected chi connectivity index (χ2v) is 13.4. The third-order valence-electron chi connectivity index (χ3n) is 5.11. The topological polar surface area (TPSA) is 75.3 Å². The number of alkyl halides is 3. The van der Waals surface area contributed by atoms with Crippen LogP contribution in [0.3, 0.4) is 0 Å². The van der Waals surface area contributed by atoms with E-state index in [2.05, 4.69) is 12.2 Å². The molecule has 0 unspecified atom stereocenters. The summed E-state index contributed by atoms with van der Waals surface area (Å²) >= 11 is -0.989. The van der Waals surface area contributed by atoms with Gasteiger partial charge in [0.1, 0.15) is 0 Å². The molecule has 1 atom stereocenters. The molecule has 1 aliphatic rings. The SMILES string of the molecule is C[C@@H](NCc1ccc(-c2ccc(F)c(C(=O)OCI3CC3)c2)o1)c1ccc(C=N)cc1. The third kappa shape index (κ3) is 5.59. The minimum atomic E-state index is -0.989. The zero-order chi connectivity index (χ0) is 21.8. The first-order chi connectivity index (χ1) is 15.0. The Hall–Kier alpha value is -2.52. The first-order valence-electron chi connectivity index (χ1n) is 10.0. The Kier molecular flexibility index (Phi) is 6.82. The largest absolute Gasteiger partial charge is 0.308 e. The van der Waals surface area contributed by atoms with Crippen molar-refractivity contribution >= 4 is 32.0 Å². The number of hydrogen-bond donors (Lipinski definition) is 2. The predicted molar refractivity (Wildman–Crippen MR) is 128 cm³/mol. The van der Waals surface area contributed by atoms with Crippen LogP contribution in [0.1, 0.15) is 40.2 Å². The number of esters is 1. The number of nitrogens with one attached hydrogen (secondary N) is 2. The number of hydrogen-bond acceptors (Lipinski definition) is 5. The summed E-state index contributed by atoms with van der Waals surface area (Å²) < 4.78 is 28.3. The van der Waals surface area contributed by atoms with E-state index in [0.717, 1.165) is 16.9 Å². The molecule has 31 heavy (non-hydrogen) atoms. The van der Waals surface area contributed by atoms with E-state index in [1.54, 1.807) is 6.07 Å². The van der Waals surface area contributed by atoms with Crippen LogP contribution in [0.15, 0.2) is 59.0 Å². The van der Waals surface area contributed by atoms with Crippen molar-refractivity contribution in [2.24, 2.45) is 0 Å². The van der Waals surface area contributed by atoms with Crippen LogP contribution in [0.5, 0.6) is 0 Å². The van der Waals surface area contributed by atoms with Gasteiger partial charge in [-0.1, -0.05) is 24.3 Å². The first kappa shape index (κ1) is 21.7. The Morgan fingerprint density at radius 1 is 1.23 bits per heavy atom. The summed E-state index contributed by atoms with van der Waals surface area (Å²) in [5.41, 5.74) is 2.58. The van der Waals surface area contributed by atoms with Gasteiger partial charge in [0.15, 0.2) is 0 Å². The number of ether oxygens (including phenoxy) is 1. The molecule has 0 bridgehead atoms. The monoisotopic (exact) mass is 534 g/mol. The van der Waals surface area contributed by atoms with Crippen molar-refractivity contribution in [3.8, 4) is 11.3 Å². The number of furan rings is 1. The Labute approximate surface area is 187 Å². The maximum absolute atomic E-state index is 14.2. The van der Waals surface area contributed by atoms with E-state index in [1.807, 2.05) is 36.4 Å². The van der Waals surface area contributed by atoms with E-state index in [4.69, 9.17) is 14.6 Å². The first-order valence-corrected chi connectivity index (χ1v) is 14.6. The third-order valence-corrected chi connectivity index (χ3v) is 8.91. The van der Waals surface area contributed by atoms with Crippen molar-refractivity contribution in [1.82, 2.24) is 5.32 Å². The Bertz CT molecular complexity index is 1080. The molecule has 1 aliphatic heterocycles. The number of carbonyl (C=O) groups excluding carboxylic acids is 1. The van der Waals surface area contributed by atoms with Crippen LogP contribution >= 0.6 is 19.8 Å². The molecular weight excluding hydrogens is 510 g/mol. The van der Waals surface area contributed by atoms with Crippen LogP contribution < -0.4 is 5.32 Å². The number of rotatable bonds is 9. The van der Waals surface area contributed by atoms with E-state index in [9.17, 15) is 9.18 Å². The molecule has 0 spiro atoms. The fraction of sp³-hybridized carbons (Fsp3) is 0.250. The quantitative estimate of drug-likeness (QED) is 0.163.